The average molecular weight is 267 g/mol. The Kier molecular flexibility index (Phi) is 3.48. The Morgan fingerprint density at radius 3 is 2.85 bits per heavy atom. The van der Waals surface area contributed by atoms with Crippen molar-refractivity contribution in [2.75, 3.05) is 0 Å². The molecule has 0 atom stereocenters. The maximum Gasteiger partial charge on any atom is 0.138 e. The molecule has 0 aliphatic heterocycles. The third-order valence-corrected chi connectivity index (χ3v) is 3.48. The molecule has 3 rings (SSSR count). The van der Waals surface area contributed by atoms with Gasteiger partial charge in [0.2, 0.25) is 0 Å². The van der Waals surface area contributed by atoms with Crippen LogP contribution in [0.25, 0.3) is 10.9 Å². The lowest BCUT2D eigenvalue weighted by Gasteiger charge is -2.06. The van der Waals surface area contributed by atoms with Crippen molar-refractivity contribution in [3.8, 4) is 0 Å². The van der Waals surface area contributed by atoms with Crippen LogP contribution in [-0.4, -0.2) is 10.1 Å². The van der Waals surface area contributed by atoms with Gasteiger partial charge >= 0.3 is 0 Å². The molecule has 0 amide bonds. The topological polar surface area (TPSA) is 51.0 Å². The van der Waals surface area contributed by atoms with Gasteiger partial charge < -0.3 is 9.84 Å². The zero-order valence-corrected chi connectivity index (χ0v) is 11.7. The molecule has 0 unspecified atom stereocenters. The summed E-state index contributed by atoms with van der Waals surface area (Å²) in [6, 6.07) is 10.4. The van der Waals surface area contributed by atoms with E-state index in [-0.39, 0.29) is 0 Å². The number of rotatable bonds is 4. The summed E-state index contributed by atoms with van der Waals surface area (Å²) in [6.07, 6.45) is 1.82. The molecule has 20 heavy (non-hydrogen) atoms. The van der Waals surface area contributed by atoms with Crippen molar-refractivity contribution in [3.05, 3.63) is 59.1 Å². The number of nitrogens with zero attached hydrogens (tertiary/aromatic N) is 2. The van der Waals surface area contributed by atoms with Crippen molar-refractivity contribution in [3.63, 3.8) is 0 Å². The zero-order chi connectivity index (χ0) is 13.9. The van der Waals surface area contributed by atoms with E-state index in [0.717, 1.165) is 35.6 Å². The van der Waals surface area contributed by atoms with Crippen LogP contribution < -0.4 is 5.32 Å². The van der Waals surface area contributed by atoms with Crippen molar-refractivity contribution in [2.24, 2.45) is 0 Å². The fourth-order valence-corrected chi connectivity index (χ4v) is 2.32. The normalized spacial score (nSPS) is 11.1. The van der Waals surface area contributed by atoms with Gasteiger partial charge in [-0.1, -0.05) is 17.3 Å². The van der Waals surface area contributed by atoms with Gasteiger partial charge in [0.15, 0.2) is 0 Å². The summed E-state index contributed by atoms with van der Waals surface area (Å²) in [5.41, 5.74) is 4.38. The third kappa shape index (κ3) is 2.56. The number of hydrogen-bond donors (Lipinski definition) is 1. The fourth-order valence-electron chi connectivity index (χ4n) is 2.32. The molecule has 1 N–H and O–H groups in total. The Bertz CT molecular complexity index is 714. The molecule has 2 heterocycles. The first-order valence-corrected chi connectivity index (χ1v) is 6.70. The highest BCUT2D eigenvalue weighted by atomic mass is 16.5. The molecule has 0 aliphatic carbocycles. The van der Waals surface area contributed by atoms with Gasteiger partial charge in [-0.3, -0.25) is 4.98 Å². The highest BCUT2D eigenvalue weighted by Crippen LogP contribution is 2.14. The summed E-state index contributed by atoms with van der Waals surface area (Å²) in [7, 11) is 0. The number of aromatic nitrogens is 2. The van der Waals surface area contributed by atoms with Gasteiger partial charge in [-0.25, -0.2) is 0 Å². The Balaban J connectivity index is 1.68. The Labute approximate surface area is 117 Å². The van der Waals surface area contributed by atoms with Gasteiger partial charge in [0.25, 0.3) is 0 Å². The van der Waals surface area contributed by atoms with Gasteiger partial charge in [0.05, 0.1) is 11.2 Å². The monoisotopic (exact) mass is 267 g/mol. The fraction of sp³-hybridized carbons (Fsp3) is 0.250. The zero-order valence-electron chi connectivity index (χ0n) is 11.7. The quantitative estimate of drug-likeness (QED) is 0.789. The van der Waals surface area contributed by atoms with Gasteiger partial charge in [0.1, 0.15) is 5.76 Å². The summed E-state index contributed by atoms with van der Waals surface area (Å²) in [5.74, 6) is 0.887. The van der Waals surface area contributed by atoms with E-state index in [1.807, 2.05) is 26.1 Å². The van der Waals surface area contributed by atoms with Crippen LogP contribution in [0, 0.1) is 13.8 Å². The summed E-state index contributed by atoms with van der Waals surface area (Å²) in [6.45, 7) is 5.50. The van der Waals surface area contributed by atoms with E-state index in [1.165, 1.54) is 10.9 Å². The second kappa shape index (κ2) is 5.43. The van der Waals surface area contributed by atoms with Crippen molar-refractivity contribution in [1.29, 1.82) is 0 Å². The Morgan fingerprint density at radius 1 is 1.15 bits per heavy atom. The van der Waals surface area contributed by atoms with E-state index in [1.54, 1.807) is 0 Å². The molecule has 3 aromatic rings. The highest BCUT2D eigenvalue weighted by Gasteiger charge is 2.07. The summed E-state index contributed by atoms with van der Waals surface area (Å²) in [4.78, 5) is 4.33. The van der Waals surface area contributed by atoms with Gasteiger partial charge in [-0.2, -0.15) is 0 Å². The van der Waals surface area contributed by atoms with Crippen LogP contribution in [0.4, 0.5) is 0 Å². The first-order chi connectivity index (χ1) is 9.74. The van der Waals surface area contributed by atoms with E-state index in [9.17, 15) is 0 Å². The van der Waals surface area contributed by atoms with Crippen LogP contribution >= 0.6 is 0 Å². The van der Waals surface area contributed by atoms with Crippen molar-refractivity contribution < 1.29 is 4.52 Å². The smallest absolute Gasteiger partial charge is 0.138 e. The van der Waals surface area contributed by atoms with Crippen molar-refractivity contribution >= 4 is 10.9 Å². The number of fused-ring (bicyclic) bond motifs is 1. The molecule has 0 spiro atoms. The minimum atomic E-state index is 0.770. The SMILES string of the molecule is Cc1noc(C)c1CNCc1ccc2ncccc2c1. The second-order valence-electron chi connectivity index (χ2n) is 4.94. The van der Waals surface area contributed by atoms with Crippen LogP contribution in [0.1, 0.15) is 22.6 Å². The van der Waals surface area contributed by atoms with E-state index in [2.05, 4.69) is 39.7 Å². The van der Waals surface area contributed by atoms with E-state index in [0.29, 0.717) is 0 Å². The molecular weight excluding hydrogens is 250 g/mol. The number of aryl methyl sites for hydroxylation is 2. The summed E-state index contributed by atoms with van der Waals surface area (Å²) < 4.78 is 5.16. The second-order valence-corrected chi connectivity index (χ2v) is 4.94. The molecule has 2 aromatic heterocycles. The predicted molar refractivity (Wildman–Crippen MR) is 78.3 cm³/mol. The van der Waals surface area contributed by atoms with Gasteiger partial charge in [0, 0.05) is 30.2 Å². The Morgan fingerprint density at radius 2 is 2.05 bits per heavy atom. The maximum absolute atomic E-state index is 5.16. The molecule has 102 valence electrons. The highest BCUT2D eigenvalue weighted by molar-refractivity contribution is 5.78. The van der Waals surface area contributed by atoms with Crippen molar-refractivity contribution in [1.82, 2.24) is 15.5 Å². The third-order valence-electron chi connectivity index (χ3n) is 3.48. The maximum atomic E-state index is 5.16. The molecule has 1 aromatic carbocycles. The first kappa shape index (κ1) is 12.8. The number of pyridine rings is 1. The lowest BCUT2D eigenvalue weighted by molar-refractivity contribution is 0.392. The number of hydrogen-bond acceptors (Lipinski definition) is 4. The van der Waals surface area contributed by atoms with Crippen LogP contribution in [0.2, 0.25) is 0 Å². The van der Waals surface area contributed by atoms with Crippen LogP contribution in [-0.2, 0) is 13.1 Å². The number of nitrogens with one attached hydrogen (secondary N) is 1. The summed E-state index contributed by atoms with van der Waals surface area (Å²) >= 11 is 0. The molecule has 0 saturated heterocycles. The molecule has 4 heteroatoms. The Hall–Kier alpha value is -2.20. The summed E-state index contributed by atoms with van der Waals surface area (Å²) in [5, 5.41) is 8.56. The number of benzene rings is 1. The van der Waals surface area contributed by atoms with Crippen LogP contribution in [0.5, 0.6) is 0 Å². The standard InChI is InChI=1S/C16H17N3O/c1-11-15(12(2)20-19-11)10-17-9-13-5-6-16-14(8-13)4-3-7-18-16/h3-8,17H,9-10H2,1-2H3. The minimum absolute atomic E-state index is 0.770. The van der Waals surface area contributed by atoms with E-state index < -0.39 is 0 Å². The predicted octanol–water partition coefficient (Wildman–Crippen LogP) is 3.13. The van der Waals surface area contributed by atoms with E-state index >= 15 is 0 Å². The van der Waals surface area contributed by atoms with Crippen molar-refractivity contribution in [2.45, 2.75) is 26.9 Å². The molecule has 0 radical (unpaired) electrons. The first-order valence-electron chi connectivity index (χ1n) is 6.70. The molecular formula is C16H17N3O. The molecule has 0 saturated carbocycles. The average Bonchev–Trinajstić information content (AvgIpc) is 2.79. The molecule has 0 aliphatic rings. The van der Waals surface area contributed by atoms with Crippen LogP contribution in [0.15, 0.2) is 41.1 Å². The lowest BCUT2D eigenvalue weighted by atomic mass is 10.1. The van der Waals surface area contributed by atoms with Gasteiger partial charge in [-0.15, -0.1) is 0 Å². The minimum Gasteiger partial charge on any atom is -0.361 e. The van der Waals surface area contributed by atoms with Crippen LogP contribution in [0.3, 0.4) is 0 Å². The molecule has 0 fully saturated rings. The molecule has 0 bridgehead atoms. The lowest BCUT2D eigenvalue weighted by Crippen LogP contribution is -2.13. The largest absolute Gasteiger partial charge is 0.361 e. The van der Waals surface area contributed by atoms with Gasteiger partial charge in [-0.05, 0) is 37.6 Å². The molecule has 4 nitrogen and oxygen atoms in total. The van der Waals surface area contributed by atoms with E-state index in [4.69, 9.17) is 4.52 Å².